The van der Waals surface area contributed by atoms with E-state index in [2.05, 4.69) is 0 Å². The number of anilines is 1. The fraction of sp³-hybridized carbons (Fsp3) is 0.0476. The fourth-order valence-corrected chi connectivity index (χ4v) is 2.75. The Balaban J connectivity index is 2.00. The molecule has 0 spiro atoms. The number of carbonyl (C=O) groups excluding carboxylic acids is 1. The van der Waals surface area contributed by atoms with Gasteiger partial charge < -0.3 is 9.84 Å². The lowest BCUT2D eigenvalue weighted by Crippen LogP contribution is -2.34. The van der Waals surface area contributed by atoms with E-state index >= 15 is 0 Å². The summed E-state index contributed by atoms with van der Waals surface area (Å²) in [6.07, 6.45) is -0.685. The molecule has 3 aromatic carbocycles. The summed E-state index contributed by atoms with van der Waals surface area (Å²) < 4.78 is 5.43. The molecule has 3 rings (SSSR count). The van der Waals surface area contributed by atoms with Gasteiger partial charge in [0.15, 0.2) is 0 Å². The van der Waals surface area contributed by atoms with Gasteiger partial charge in [-0.2, -0.15) is 0 Å². The zero-order chi connectivity index (χ0) is 19.2. The minimum absolute atomic E-state index is 0.0801. The Morgan fingerprint density at radius 1 is 0.926 bits per heavy atom. The largest absolute Gasteiger partial charge is 0.478 e. The van der Waals surface area contributed by atoms with E-state index in [1.54, 1.807) is 30.3 Å². The highest BCUT2D eigenvalue weighted by atomic mass is 35.5. The van der Waals surface area contributed by atoms with Crippen LogP contribution in [-0.4, -0.2) is 17.2 Å². The predicted molar refractivity (Wildman–Crippen MR) is 104 cm³/mol. The smallest absolute Gasteiger partial charge is 0.420 e. The first kappa shape index (κ1) is 18.5. The number of halogens is 1. The maximum atomic E-state index is 12.9. The van der Waals surface area contributed by atoms with E-state index in [1.807, 2.05) is 30.3 Å². The Kier molecular flexibility index (Phi) is 5.74. The van der Waals surface area contributed by atoms with Crippen LogP contribution in [-0.2, 0) is 6.54 Å². The van der Waals surface area contributed by atoms with Crippen LogP contribution in [0.3, 0.4) is 0 Å². The molecule has 27 heavy (non-hydrogen) atoms. The highest BCUT2D eigenvalue weighted by Crippen LogP contribution is 2.27. The standard InChI is InChI=1S/C21H16ClNO4/c22-16-11-12-19(18(13-16)20(24)25)23(14-15-7-3-1-4-8-15)21(26)27-17-9-5-2-6-10-17/h1-13H,14H2,(H,24,25). The number of nitrogens with zero attached hydrogens (tertiary/aromatic N) is 1. The number of carboxylic acids is 1. The van der Waals surface area contributed by atoms with Crippen molar-refractivity contribution in [3.05, 3.63) is 95.0 Å². The van der Waals surface area contributed by atoms with Gasteiger partial charge in [0, 0.05) is 5.02 Å². The Morgan fingerprint density at radius 3 is 2.19 bits per heavy atom. The monoisotopic (exact) mass is 381 g/mol. The van der Waals surface area contributed by atoms with Crippen LogP contribution in [0, 0.1) is 0 Å². The highest BCUT2D eigenvalue weighted by molar-refractivity contribution is 6.31. The molecule has 0 saturated heterocycles. The van der Waals surface area contributed by atoms with Crippen LogP contribution in [0.2, 0.25) is 5.02 Å². The molecule has 0 fully saturated rings. The van der Waals surface area contributed by atoms with Crippen molar-refractivity contribution in [2.45, 2.75) is 6.54 Å². The lowest BCUT2D eigenvalue weighted by atomic mass is 10.1. The maximum Gasteiger partial charge on any atom is 0.420 e. The fourth-order valence-electron chi connectivity index (χ4n) is 2.57. The van der Waals surface area contributed by atoms with E-state index in [9.17, 15) is 14.7 Å². The second-order valence-corrected chi connectivity index (χ2v) is 6.16. The van der Waals surface area contributed by atoms with E-state index in [1.165, 1.54) is 23.1 Å². The van der Waals surface area contributed by atoms with Gasteiger partial charge in [0.1, 0.15) is 5.75 Å². The first-order valence-electron chi connectivity index (χ1n) is 8.16. The summed E-state index contributed by atoms with van der Waals surface area (Å²) in [6, 6.07) is 22.2. The van der Waals surface area contributed by atoms with Gasteiger partial charge in [-0.1, -0.05) is 60.1 Å². The molecule has 0 aliphatic carbocycles. The molecule has 3 aromatic rings. The average Bonchev–Trinajstić information content (AvgIpc) is 2.68. The van der Waals surface area contributed by atoms with Crippen LogP contribution in [0.25, 0.3) is 0 Å². The first-order chi connectivity index (χ1) is 13.0. The normalized spacial score (nSPS) is 10.3. The van der Waals surface area contributed by atoms with Crippen molar-refractivity contribution in [2.75, 3.05) is 4.90 Å². The molecule has 1 N–H and O–H groups in total. The molecule has 5 nitrogen and oxygen atoms in total. The summed E-state index contributed by atoms with van der Waals surface area (Å²) in [5.41, 5.74) is 0.953. The molecule has 0 aromatic heterocycles. The summed E-state index contributed by atoms with van der Waals surface area (Å²) in [5.74, 6) is -0.815. The van der Waals surface area contributed by atoms with E-state index in [0.717, 1.165) is 5.56 Å². The topological polar surface area (TPSA) is 66.8 Å². The van der Waals surface area contributed by atoms with Crippen LogP contribution in [0.1, 0.15) is 15.9 Å². The van der Waals surface area contributed by atoms with E-state index < -0.39 is 12.1 Å². The lowest BCUT2D eigenvalue weighted by molar-refractivity contribution is 0.0697. The number of hydrogen-bond donors (Lipinski definition) is 1. The minimum atomic E-state index is -1.18. The van der Waals surface area contributed by atoms with Gasteiger partial charge in [-0.25, -0.2) is 9.59 Å². The van der Waals surface area contributed by atoms with E-state index in [4.69, 9.17) is 16.3 Å². The summed E-state index contributed by atoms with van der Waals surface area (Å²) in [4.78, 5) is 25.8. The summed E-state index contributed by atoms with van der Waals surface area (Å²) in [6.45, 7) is 0.147. The van der Waals surface area contributed by atoms with Gasteiger partial charge in [0.25, 0.3) is 0 Å². The van der Waals surface area contributed by atoms with Crippen molar-refractivity contribution in [2.24, 2.45) is 0 Å². The number of aromatic carboxylic acids is 1. The molecule has 0 aliphatic heterocycles. The number of amides is 1. The quantitative estimate of drug-likeness (QED) is 0.656. The molecule has 136 valence electrons. The number of benzene rings is 3. The van der Waals surface area contributed by atoms with E-state index in [-0.39, 0.29) is 22.8 Å². The van der Waals surface area contributed by atoms with E-state index in [0.29, 0.717) is 5.75 Å². The molecular formula is C21H16ClNO4. The Bertz CT molecular complexity index is 945. The molecule has 6 heteroatoms. The zero-order valence-electron chi connectivity index (χ0n) is 14.2. The van der Waals surface area contributed by atoms with Gasteiger partial charge >= 0.3 is 12.1 Å². The van der Waals surface area contributed by atoms with Crippen molar-refractivity contribution in [3.8, 4) is 5.75 Å². The molecule has 0 heterocycles. The van der Waals surface area contributed by atoms with Crippen LogP contribution < -0.4 is 9.64 Å². The number of rotatable bonds is 5. The molecule has 0 unspecified atom stereocenters. The van der Waals surface area contributed by atoms with Crippen LogP contribution in [0.15, 0.2) is 78.9 Å². The number of ether oxygens (including phenoxy) is 1. The summed E-state index contributed by atoms with van der Waals surface area (Å²) in [7, 11) is 0. The number of para-hydroxylation sites is 1. The van der Waals surface area contributed by atoms with Gasteiger partial charge in [-0.15, -0.1) is 0 Å². The second kappa shape index (κ2) is 8.38. The SMILES string of the molecule is O=C(O)c1cc(Cl)ccc1N(Cc1ccccc1)C(=O)Oc1ccccc1. The van der Waals surface area contributed by atoms with Crippen molar-refractivity contribution >= 4 is 29.4 Å². The van der Waals surface area contributed by atoms with Crippen molar-refractivity contribution in [1.82, 2.24) is 0 Å². The molecule has 0 atom stereocenters. The van der Waals surface area contributed by atoms with Gasteiger partial charge in [0.05, 0.1) is 17.8 Å². The summed E-state index contributed by atoms with van der Waals surface area (Å²) >= 11 is 5.94. The predicted octanol–water partition coefficient (Wildman–Crippen LogP) is 5.24. The second-order valence-electron chi connectivity index (χ2n) is 5.72. The Hall–Kier alpha value is -3.31. The number of hydrogen-bond acceptors (Lipinski definition) is 3. The molecule has 0 radical (unpaired) electrons. The third-order valence-corrected chi connectivity index (χ3v) is 4.07. The minimum Gasteiger partial charge on any atom is -0.478 e. The Morgan fingerprint density at radius 2 is 1.56 bits per heavy atom. The molecule has 1 amide bonds. The van der Waals surface area contributed by atoms with Crippen LogP contribution in [0.5, 0.6) is 5.75 Å². The maximum absolute atomic E-state index is 12.9. The average molecular weight is 382 g/mol. The van der Waals surface area contributed by atoms with Crippen LogP contribution in [0.4, 0.5) is 10.5 Å². The van der Waals surface area contributed by atoms with Crippen LogP contribution >= 0.6 is 11.6 Å². The number of carbonyl (C=O) groups is 2. The third kappa shape index (κ3) is 4.65. The van der Waals surface area contributed by atoms with Gasteiger partial charge in [-0.05, 0) is 35.9 Å². The van der Waals surface area contributed by atoms with Crippen molar-refractivity contribution in [3.63, 3.8) is 0 Å². The summed E-state index contributed by atoms with van der Waals surface area (Å²) in [5, 5.41) is 9.81. The molecular weight excluding hydrogens is 366 g/mol. The van der Waals surface area contributed by atoms with Crippen molar-refractivity contribution < 1.29 is 19.4 Å². The lowest BCUT2D eigenvalue weighted by Gasteiger charge is -2.24. The third-order valence-electron chi connectivity index (χ3n) is 3.83. The molecule has 0 bridgehead atoms. The van der Waals surface area contributed by atoms with Crippen molar-refractivity contribution in [1.29, 1.82) is 0 Å². The van der Waals surface area contributed by atoms with Gasteiger partial charge in [-0.3, -0.25) is 4.90 Å². The molecule has 0 aliphatic rings. The highest BCUT2D eigenvalue weighted by Gasteiger charge is 2.24. The number of carboxylic acid groups (broad SMARTS) is 1. The Labute approximate surface area is 161 Å². The van der Waals surface area contributed by atoms with Gasteiger partial charge in [0.2, 0.25) is 0 Å². The molecule has 0 saturated carbocycles. The first-order valence-corrected chi connectivity index (χ1v) is 8.53. The zero-order valence-corrected chi connectivity index (χ0v) is 15.0.